The van der Waals surface area contributed by atoms with Crippen molar-refractivity contribution in [1.29, 1.82) is 0 Å². The Bertz CT molecular complexity index is 1070. The minimum atomic E-state index is -1.54. The first-order valence-corrected chi connectivity index (χ1v) is 25.2. The van der Waals surface area contributed by atoms with Gasteiger partial charge in [-0.05, 0) is 77.0 Å². The topological polar surface area (TPSA) is 135 Å². The van der Waals surface area contributed by atoms with Crippen LogP contribution in [0.5, 0.6) is 0 Å². The highest BCUT2D eigenvalue weighted by Crippen LogP contribution is 2.23. The van der Waals surface area contributed by atoms with Gasteiger partial charge in [-0.2, -0.15) is 0 Å². The average Bonchev–Trinajstić information content (AvgIpc) is 3.26. The van der Waals surface area contributed by atoms with Crippen LogP contribution in [0.3, 0.4) is 0 Å². The van der Waals surface area contributed by atoms with E-state index in [9.17, 15) is 25.2 Å². The molecule has 1 aliphatic rings. The van der Waals surface area contributed by atoms with E-state index in [1.807, 2.05) is 0 Å². The Kier molecular flexibility index (Phi) is 40.7. The average molecular weight is 863 g/mol. The van der Waals surface area contributed by atoms with Crippen molar-refractivity contribution >= 4 is 5.97 Å². The first-order chi connectivity index (χ1) is 29.9. The number of allylic oxidation sites excluding steroid dienone is 8. The number of carbonyl (C=O) groups is 1. The summed E-state index contributed by atoms with van der Waals surface area (Å²) in [4.78, 5) is 12.8. The molecule has 6 unspecified atom stereocenters. The minimum absolute atomic E-state index is 0.121. The van der Waals surface area contributed by atoms with Gasteiger partial charge in [0.05, 0.1) is 19.8 Å². The van der Waals surface area contributed by atoms with E-state index in [0.29, 0.717) is 13.0 Å². The maximum atomic E-state index is 12.8. The number of rotatable bonds is 43. The highest BCUT2D eigenvalue weighted by molar-refractivity contribution is 5.69. The van der Waals surface area contributed by atoms with Gasteiger partial charge in [0.1, 0.15) is 30.5 Å². The molecule has 6 atom stereocenters. The zero-order valence-electron chi connectivity index (χ0n) is 39.2. The van der Waals surface area contributed by atoms with Crippen LogP contribution in [0, 0.1) is 0 Å². The Labute approximate surface area is 373 Å². The van der Waals surface area contributed by atoms with Crippen LogP contribution in [0.25, 0.3) is 0 Å². The van der Waals surface area contributed by atoms with Crippen molar-refractivity contribution in [2.24, 2.45) is 0 Å². The van der Waals surface area contributed by atoms with Crippen LogP contribution in [0.2, 0.25) is 0 Å². The second kappa shape index (κ2) is 43.4. The molecule has 0 spiro atoms. The quantitative estimate of drug-likeness (QED) is 0.0268. The number of carbonyl (C=O) groups excluding carboxylic acids is 1. The highest BCUT2D eigenvalue weighted by Gasteiger charge is 2.44. The van der Waals surface area contributed by atoms with Gasteiger partial charge in [-0.15, -0.1) is 0 Å². The molecule has 356 valence electrons. The zero-order chi connectivity index (χ0) is 44.3. The molecule has 0 radical (unpaired) electrons. The summed E-state index contributed by atoms with van der Waals surface area (Å²) in [7, 11) is 0. The molecule has 1 fully saturated rings. The van der Waals surface area contributed by atoms with Crippen LogP contribution in [0.1, 0.15) is 213 Å². The summed E-state index contributed by atoms with van der Waals surface area (Å²) in [6.07, 6.45) is 47.1. The van der Waals surface area contributed by atoms with Crippen molar-refractivity contribution in [3.8, 4) is 0 Å². The maximum absolute atomic E-state index is 12.8. The summed E-state index contributed by atoms with van der Waals surface area (Å²) in [6, 6.07) is 0. The van der Waals surface area contributed by atoms with Crippen LogP contribution in [-0.2, 0) is 23.7 Å². The predicted octanol–water partition coefficient (Wildman–Crippen LogP) is 12.1. The molecule has 0 aromatic rings. The van der Waals surface area contributed by atoms with E-state index in [1.54, 1.807) is 0 Å². The molecule has 0 aliphatic carbocycles. The Balaban J connectivity index is 2.23. The van der Waals surface area contributed by atoms with Crippen molar-refractivity contribution in [1.82, 2.24) is 0 Å². The van der Waals surface area contributed by atoms with E-state index in [2.05, 4.69) is 62.5 Å². The van der Waals surface area contributed by atoms with Crippen LogP contribution in [0.4, 0.5) is 0 Å². The Hall–Kier alpha value is -1.85. The second-order valence-corrected chi connectivity index (χ2v) is 17.3. The first kappa shape index (κ1) is 57.2. The van der Waals surface area contributed by atoms with Gasteiger partial charge in [-0.1, -0.05) is 178 Å². The number of hydrogen-bond acceptors (Lipinski definition) is 9. The Morgan fingerprint density at radius 1 is 0.525 bits per heavy atom. The molecule has 9 heteroatoms. The molecule has 61 heavy (non-hydrogen) atoms. The van der Waals surface area contributed by atoms with E-state index in [4.69, 9.17) is 18.9 Å². The van der Waals surface area contributed by atoms with Gasteiger partial charge in [0.15, 0.2) is 6.29 Å². The number of aliphatic hydroxyl groups excluding tert-OH is 4. The van der Waals surface area contributed by atoms with E-state index in [1.165, 1.54) is 122 Å². The number of unbranched alkanes of at least 4 members (excludes halogenated alkanes) is 24. The van der Waals surface area contributed by atoms with Gasteiger partial charge in [-0.3, -0.25) is 4.79 Å². The smallest absolute Gasteiger partial charge is 0.306 e. The van der Waals surface area contributed by atoms with Crippen molar-refractivity contribution in [2.75, 3.05) is 26.4 Å². The lowest BCUT2D eigenvalue weighted by atomic mass is 9.99. The van der Waals surface area contributed by atoms with E-state index in [0.717, 1.165) is 70.6 Å². The van der Waals surface area contributed by atoms with Crippen molar-refractivity contribution < 1.29 is 44.2 Å². The third-order valence-corrected chi connectivity index (χ3v) is 11.5. The van der Waals surface area contributed by atoms with Gasteiger partial charge >= 0.3 is 5.97 Å². The largest absolute Gasteiger partial charge is 0.457 e. The summed E-state index contributed by atoms with van der Waals surface area (Å²) < 4.78 is 22.9. The van der Waals surface area contributed by atoms with E-state index < -0.39 is 43.4 Å². The molecule has 9 nitrogen and oxygen atoms in total. The molecule has 0 aromatic heterocycles. The van der Waals surface area contributed by atoms with Gasteiger partial charge in [0, 0.05) is 13.0 Å². The van der Waals surface area contributed by atoms with Crippen LogP contribution in [0.15, 0.2) is 48.6 Å². The number of esters is 1. The first-order valence-electron chi connectivity index (χ1n) is 25.2. The molecule has 0 bridgehead atoms. The molecule has 1 rings (SSSR count). The lowest BCUT2D eigenvalue weighted by Crippen LogP contribution is -2.59. The number of hydrogen-bond donors (Lipinski definition) is 4. The van der Waals surface area contributed by atoms with Crippen molar-refractivity contribution in [3.63, 3.8) is 0 Å². The predicted molar refractivity (Wildman–Crippen MR) is 251 cm³/mol. The molecule has 0 saturated carbocycles. The lowest BCUT2D eigenvalue weighted by Gasteiger charge is -2.39. The van der Waals surface area contributed by atoms with Crippen molar-refractivity contribution in [3.05, 3.63) is 48.6 Å². The van der Waals surface area contributed by atoms with Crippen LogP contribution < -0.4 is 0 Å². The van der Waals surface area contributed by atoms with Gasteiger partial charge in [-0.25, -0.2) is 0 Å². The van der Waals surface area contributed by atoms with Gasteiger partial charge < -0.3 is 39.4 Å². The number of aliphatic hydroxyl groups is 4. The second-order valence-electron chi connectivity index (χ2n) is 17.3. The molecule has 0 amide bonds. The molecule has 0 aromatic carbocycles. The Morgan fingerprint density at radius 3 is 1.44 bits per heavy atom. The third kappa shape index (κ3) is 34.3. The molecule has 1 heterocycles. The normalized spacial score (nSPS) is 20.3. The standard InChI is InChI=1S/C52H94O9/c1-3-5-7-9-11-13-15-17-19-21-22-23-24-25-26-28-30-32-34-36-38-40-42-58-44-46(45-59-52-51(57)50(56)49(55)47(43-53)61-52)60-48(54)41-39-37-35-33-31-29-27-20-18-16-14-12-10-8-6-4-2/h15,17,20-22,24-25,27,46-47,49-53,55-57H,3-14,16,18-19,23,26,28-45H2,1-2H3/b17-15-,22-21-,25-24-,27-20-. The van der Waals surface area contributed by atoms with Crippen LogP contribution in [-0.4, -0.2) is 89.6 Å². The highest BCUT2D eigenvalue weighted by atomic mass is 16.7. The molecular formula is C52H94O9. The van der Waals surface area contributed by atoms with E-state index in [-0.39, 0.29) is 19.2 Å². The number of ether oxygens (including phenoxy) is 4. The van der Waals surface area contributed by atoms with Gasteiger partial charge in [0.25, 0.3) is 0 Å². The van der Waals surface area contributed by atoms with Crippen molar-refractivity contribution in [2.45, 2.75) is 250 Å². The fourth-order valence-corrected chi connectivity index (χ4v) is 7.49. The summed E-state index contributed by atoms with van der Waals surface area (Å²) in [5.41, 5.74) is 0. The summed E-state index contributed by atoms with van der Waals surface area (Å²) in [6.45, 7) is 4.52. The summed E-state index contributed by atoms with van der Waals surface area (Å²) >= 11 is 0. The third-order valence-electron chi connectivity index (χ3n) is 11.5. The van der Waals surface area contributed by atoms with Gasteiger partial charge in [0.2, 0.25) is 0 Å². The van der Waals surface area contributed by atoms with E-state index >= 15 is 0 Å². The minimum Gasteiger partial charge on any atom is -0.457 e. The van der Waals surface area contributed by atoms with Crippen LogP contribution >= 0.6 is 0 Å². The summed E-state index contributed by atoms with van der Waals surface area (Å²) in [5, 5.41) is 40.2. The maximum Gasteiger partial charge on any atom is 0.306 e. The fraction of sp³-hybridized carbons (Fsp3) is 0.827. The monoisotopic (exact) mass is 863 g/mol. The summed E-state index contributed by atoms with van der Waals surface area (Å²) in [5.74, 6) is -0.325. The lowest BCUT2D eigenvalue weighted by molar-refractivity contribution is -0.305. The molecular weight excluding hydrogens is 769 g/mol. The zero-order valence-corrected chi connectivity index (χ0v) is 39.2. The molecule has 1 saturated heterocycles. The molecule has 4 N–H and O–H groups in total. The molecule has 1 aliphatic heterocycles. The fourth-order valence-electron chi connectivity index (χ4n) is 7.49. The Morgan fingerprint density at radius 2 is 0.951 bits per heavy atom. The SMILES string of the molecule is CCCCCCC/C=C\C/C=C\C/C=C\CCCCCCCCCOCC(COC1OC(CO)C(O)C(O)C1O)OC(=O)CCCCCCC/C=C\CCCCCCCCC.